The average molecular weight is 264 g/mol. The summed E-state index contributed by atoms with van der Waals surface area (Å²) in [6, 6.07) is 4.35. The van der Waals surface area contributed by atoms with E-state index in [-0.39, 0.29) is 12.4 Å². The van der Waals surface area contributed by atoms with E-state index in [0.29, 0.717) is 30.3 Å². The highest BCUT2D eigenvalue weighted by atomic mass is 19.1. The van der Waals surface area contributed by atoms with Crippen molar-refractivity contribution in [2.24, 2.45) is 5.92 Å². The Morgan fingerprint density at radius 2 is 2.05 bits per heavy atom. The van der Waals surface area contributed by atoms with Crippen LogP contribution in [0.5, 0.6) is 5.75 Å². The third-order valence-electron chi connectivity index (χ3n) is 3.03. The molecule has 0 unspecified atom stereocenters. The number of ether oxygens (including phenoxy) is 1. The number of rotatable bonds is 6. The van der Waals surface area contributed by atoms with Crippen LogP contribution in [0.1, 0.15) is 38.7 Å². The van der Waals surface area contributed by atoms with Gasteiger partial charge in [-0.2, -0.15) is 0 Å². The van der Waals surface area contributed by atoms with E-state index >= 15 is 0 Å². The summed E-state index contributed by atoms with van der Waals surface area (Å²) < 4.78 is 18.9. The van der Waals surface area contributed by atoms with Crippen molar-refractivity contribution in [2.45, 2.75) is 33.1 Å². The number of aliphatic hydroxyl groups excluding tert-OH is 1. The van der Waals surface area contributed by atoms with Crippen LogP contribution in [0.4, 0.5) is 4.39 Å². The van der Waals surface area contributed by atoms with E-state index in [2.05, 4.69) is 25.7 Å². The predicted molar refractivity (Wildman–Crippen MR) is 74.5 cm³/mol. The molecule has 0 heterocycles. The zero-order chi connectivity index (χ0) is 14.1. The van der Waals surface area contributed by atoms with Crippen LogP contribution in [0.3, 0.4) is 0 Å². The maximum absolute atomic E-state index is 13.3. The first-order valence-electron chi connectivity index (χ1n) is 6.73. The van der Waals surface area contributed by atoms with Gasteiger partial charge in [-0.25, -0.2) is 4.39 Å². The van der Waals surface area contributed by atoms with Crippen molar-refractivity contribution >= 4 is 0 Å². The van der Waals surface area contributed by atoms with Crippen LogP contribution in [-0.2, 0) is 0 Å². The van der Waals surface area contributed by atoms with Gasteiger partial charge in [0.25, 0.3) is 0 Å². The molecular weight excluding hydrogens is 243 g/mol. The van der Waals surface area contributed by atoms with Crippen LogP contribution >= 0.6 is 0 Å². The second kappa shape index (κ2) is 8.55. The molecule has 0 saturated heterocycles. The van der Waals surface area contributed by atoms with Crippen molar-refractivity contribution < 1.29 is 14.2 Å². The SMILES string of the molecule is CCC(CC)COc1cc(F)ccc1C#CCCO. The molecule has 1 aromatic rings. The Morgan fingerprint density at radius 3 is 2.68 bits per heavy atom. The Labute approximate surface area is 114 Å². The minimum atomic E-state index is -0.327. The highest BCUT2D eigenvalue weighted by Gasteiger charge is 2.08. The maximum Gasteiger partial charge on any atom is 0.137 e. The third-order valence-corrected chi connectivity index (χ3v) is 3.03. The highest BCUT2D eigenvalue weighted by Crippen LogP contribution is 2.21. The van der Waals surface area contributed by atoms with Crippen LogP contribution in [0.2, 0.25) is 0 Å². The van der Waals surface area contributed by atoms with Crippen LogP contribution in [-0.4, -0.2) is 18.3 Å². The van der Waals surface area contributed by atoms with Crippen molar-refractivity contribution in [3.8, 4) is 17.6 Å². The molecule has 1 N–H and O–H groups in total. The fourth-order valence-electron chi connectivity index (χ4n) is 1.66. The molecule has 0 spiro atoms. The molecule has 0 aliphatic heterocycles. The van der Waals surface area contributed by atoms with E-state index in [4.69, 9.17) is 9.84 Å². The van der Waals surface area contributed by atoms with Gasteiger partial charge in [0.15, 0.2) is 0 Å². The Morgan fingerprint density at radius 1 is 1.32 bits per heavy atom. The minimum Gasteiger partial charge on any atom is -0.492 e. The standard InChI is InChI=1S/C16H21FO2/c1-3-13(4-2)12-19-16-11-15(17)9-8-14(16)7-5-6-10-18/h8-9,11,13,18H,3-4,6,10,12H2,1-2H3. The molecule has 1 aromatic carbocycles. The average Bonchev–Trinajstić information content (AvgIpc) is 2.42. The fraction of sp³-hybridized carbons (Fsp3) is 0.500. The van der Waals surface area contributed by atoms with Crippen molar-refractivity contribution in [3.05, 3.63) is 29.6 Å². The van der Waals surface area contributed by atoms with Crippen LogP contribution < -0.4 is 4.74 Å². The van der Waals surface area contributed by atoms with Gasteiger partial charge in [0.05, 0.1) is 18.8 Å². The summed E-state index contributed by atoms with van der Waals surface area (Å²) in [5.41, 5.74) is 0.667. The molecule has 3 heteroatoms. The van der Waals surface area contributed by atoms with Gasteiger partial charge in [-0.1, -0.05) is 38.5 Å². The lowest BCUT2D eigenvalue weighted by molar-refractivity contribution is 0.239. The molecule has 0 aromatic heterocycles. The summed E-state index contributed by atoms with van der Waals surface area (Å²) in [6.07, 6.45) is 2.48. The first-order valence-corrected chi connectivity index (χ1v) is 6.73. The van der Waals surface area contributed by atoms with Gasteiger partial charge >= 0.3 is 0 Å². The molecule has 0 aliphatic rings. The Bertz CT molecular complexity index is 442. The fourth-order valence-corrected chi connectivity index (χ4v) is 1.66. The Kier molecular flexibility index (Phi) is 6.99. The van der Waals surface area contributed by atoms with Crippen LogP contribution in [0, 0.1) is 23.6 Å². The van der Waals surface area contributed by atoms with Crippen molar-refractivity contribution in [1.29, 1.82) is 0 Å². The Hall–Kier alpha value is -1.53. The molecule has 0 atom stereocenters. The molecule has 0 saturated carbocycles. The van der Waals surface area contributed by atoms with Crippen molar-refractivity contribution in [3.63, 3.8) is 0 Å². The summed E-state index contributed by atoms with van der Waals surface area (Å²) in [7, 11) is 0. The summed E-state index contributed by atoms with van der Waals surface area (Å²) in [5, 5.41) is 8.70. The monoisotopic (exact) mass is 264 g/mol. The quantitative estimate of drug-likeness (QED) is 0.798. The first kappa shape index (κ1) is 15.5. The minimum absolute atomic E-state index is 0.0259. The van der Waals surface area contributed by atoms with Crippen molar-refractivity contribution in [1.82, 2.24) is 0 Å². The molecular formula is C16H21FO2. The second-order valence-electron chi connectivity index (χ2n) is 4.41. The van der Waals surface area contributed by atoms with Gasteiger partial charge in [0.2, 0.25) is 0 Å². The number of hydrogen-bond donors (Lipinski definition) is 1. The second-order valence-corrected chi connectivity index (χ2v) is 4.41. The van der Waals surface area contributed by atoms with Gasteiger partial charge < -0.3 is 9.84 Å². The first-order chi connectivity index (χ1) is 9.21. The molecule has 2 nitrogen and oxygen atoms in total. The number of hydrogen-bond acceptors (Lipinski definition) is 2. The van der Waals surface area contributed by atoms with E-state index in [1.54, 1.807) is 6.07 Å². The smallest absolute Gasteiger partial charge is 0.137 e. The zero-order valence-electron chi connectivity index (χ0n) is 11.6. The van der Waals surface area contributed by atoms with Crippen LogP contribution in [0.25, 0.3) is 0 Å². The normalized spacial score (nSPS) is 10.2. The van der Waals surface area contributed by atoms with Gasteiger partial charge in [-0.15, -0.1) is 0 Å². The van der Waals surface area contributed by atoms with E-state index in [1.807, 2.05) is 0 Å². The lowest BCUT2D eigenvalue weighted by atomic mass is 10.1. The van der Waals surface area contributed by atoms with Gasteiger partial charge in [0, 0.05) is 12.5 Å². The van der Waals surface area contributed by atoms with E-state index < -0.39 is 0 Å². The molecule has 1 rings (SSSR count). The number of aliphatic hydroxyl groups is 1. The summed E-state index contributed by atoms with van der Waals surface area (Å²) >= 11 is 0. The van der Waals surface area contributed by atoms with Gasteiger partial charge in [0.1, 0.15) is 11.6 Å². The third kappa shape index (κ3) is 5.32. The predicted octanol–water partition coefficient (Wildman–Crippen LogP) is 3.37. The molecule has 19 heavy (non-hydrogen) atoms. The van der Waals surface area contributed by atoms with Crippen molar-refractivity contribution in [2.75, 3.05) is 13.2 Å². The summed E-state index contributed by atoms with van der Waals surface area (Å²) in [6.45, 7) is 4.83. The lowest BCUT2D eigenvalue weighted by Crippen LogP contribution is -2.10. The van der Waals surface area contributed by atoms with Gasteiger partial charge in [-0.05, 0) is 18.1 Å². The number of halogens is 1. The lowest BCUT2D eigenvalue weighted by Gasteiger charge is -2.14. The largest absolute Gasteiger partial charge is 0.492 e. The molecule has 0 bridgehead atoms. The summed E-state index contributed by atoms with van der Waals surface area (Å²) in [5.74, 6) is 6.35. The highest BCUT2D eigenvalue weighted by molar-refractivity contribution is 5.46. The number of benzene rings is 1. The van der Waals surface area contributed by atoms with Crippen LogP contribution in [0.15, 0.2) is 18.2 Å². The Balaban J connectivity index is 2.80. The molecule has 0 radical (unpaired) electrons. The topological polar surface area (TPSA) is 29.5 Å². The zero-order valence-corrected chi connectivity index (χ0v) is 11.6. The van der Waals surface area contributed by atoms with E-state index in [0.717, 1.165) is 12.8 Å². The molecule has 0 fully saturated rings. The molecule has 0 aliphatic carbocycles. The molecule has 104 valence electrons. The summed E-state index contributed by atoms with van der Waals surface area (Å²) in [4.78, 5) is 0. The van der Waals surface area contributed by atoms with E-state index in [1.165, 1.54) is 12.1 Å². The van der Waals surface area contributed by atoms with E-state index in [9.17, 15) is 4.39 Å². The molecule has 0 amide bonds. The maximum atomic E-state index is 13.3. The van der Waals surface area contributed by atoms with Gasteiger partial charge in [-0.3, -0.25) is 0 Å².